The van der Waals surface area contributed by atoms with Crippen molar-refractivity contribution in [2.45, 2.75) is 44.9 Å². The summed E-state index contributed by atoms with van der Waals surface area (Å²) in [7, 11) is 0. The molecule has 1 aliphatic carbocycles. The number of carbonyl (C=O) groups is 3. The van der Waals surface area contributed by atoms with E-state index < -0.39 is 40.3 Å². The van der Waals surface area contributed by atoms with Crippen molar-refractivity contribution in [1.29, 1.82) is 0 Å². The zero-order valence-electron chi connectivity index (χ0n) is 18.5. The highest BCUT2D eigenvalue weighted by molar-refractivity contribution is 6.31. The van der Waals surface area contributed by atoms with Crippen molar-refractivity contribution in [2.75, 3.05) is 0 Å². The maximum atomic E-state index is 14.8. The van der Waals surface area contributed by atoms with Crippen LogP contribution in [0.5, 0.6) is 0 Å². The van der Waals surface area contributed by atoms with Crippen molar-refractivity contribution in [3.05, 3.63) is 82.0 Å². The lowest BCUT2D eigenvalue weighted by atomic mass is 9.72. The van der Waals surface area contributed by atoms with Crippen molar-refractivity contribution in [2.24, 2.45) is 5.41 Å². The molecule has 0 radical (unpaired) electrons. The fourth-order valence-electron chi connectivity index (χ4n) is 4.62. The van der Waals surface area contributed by atoms with E-state index in [-0.39, 0.29) is 35.7 Å². The molecule has 4 rings (SSSR count). The lowest BCUT2D eigenvalue weighted by Gasteiger charge is -2.35. The van der Waals surface area contributed by atoms with E-state index in [0.717, 1.165) is 4.90 Å². The van der Waals surface area contributed by atoms with Crippen LogP contribution in [-0.4, -0.2) is 34.2 Å². The Bertz CT molecular complexity index is 1210. The highest BCUT2D eigenvalue weighted by Crippen LogP contribution is 2.52. The molecule has 2 aliphatic rings. The summed E-state index contributed by atoms with van der Waals surface area (Å²) in [4.78, 5) is 40.6. The molecule has 1 heterocycles. The topological polar surface area (TPSA) is 66.5 Å². The second-order valence-electron chi connectivity index (χ2n) is 9.31. The standard InChI is InChI=1S/C25H22ClF3N2O3/c1-23(2)12-18-20(19(32)13-23)24(25(27,28)29,30-21(33)15-8-4-3-5-9-15)22(34)31(18)14-16-10-6-7-11-17(16)26/h3-11H,12-14H2,1-2H3,(H,30,33)/t24-/m0/s1. The number of hydrogen-bond donors (Lipinski definition) is 1. The Morgan fingerprint density at radius 1 is 1.03 bits per heavy atom. The molecule has 2 aromatic rings. The molecule has 178 valence electrons. The van der Waals surface area contributed by atoms with Crippen LogP contribution in [0.15, 0.2) is 65.9 Å². The fraction of sp³-hybridized carbons (Fsp3) is 0.320. The molecular formula is C25H22ClF3N2O3. The highest BCUT2D eigenvalue weighted by Gasteiger charge is 2.71. The fourth-order valence-corrected chi connectivity index (χ4v) is 4.82. The molecule has 9 heteroatoms. The van der Waals surface area contributed by atoms with Gasteiger partial charge in [0.1, 0.15) is 0 Å². The van der Waals surface area contributed by atoms with Crippen molar-refractivity contribution < 1.29 is 27.6 Å². The molecule has 0 unspecified atom stereocenters. The second-order valence-corrected chi connectivity index (χ2v) is 9.72. The molecular weight excluding hydrogens is 469 g/mol. The lowest BCUT2D eigenvalue weighted by Crippen LogP contribution is -2.66. The van der Waals surface area contributed by atoms with Gasteiger partial charge in [-0.15, -0.1) is 0 Å². The van der Waals surface area contributed by atoms with Crippen LogP contribution in [-0.2, 0) is 16.1 Å². The number of alkyl halides is 3. The van der Waals surface area contributed by atoms with E-state index in [0.29, 0.717) is 5.56 Å². The van der Waals surface area contributed by atoms with Gasteiger partial charge in [0.25, 0.3) is 11.8 Å². The van der Waals surface area contributed by atoms with E-state index in [1.165, 1.54) is 24.3 Å². The number of rotatable bonds is 4. The van der Waals surface area contributed by atoms with Crippen LogP contribution in [0.3, 0.4) is 0 Å². The quantitative estimate of drug-likeness (QED) is 0.651. The van der Waals surface area contributed by atoms with Crippen LogP contribution in [0.25, 0.3) is 0 Å². The average molecular weight is 491 g/mol. The molecule has 1 aliphatic heterocycles. The molecule has 0 bridgehead atoms. The third kappa shape index (κ3) is 3.90. The van der Waals surface area contributed by atoms with E-state index in [9.17, 15) is 27.6 Å². The number of allylic oxidation sites excluding steroid dienone is 1. The number of carbonyl (C=O) groups excluding carboxylic acids is 3. The van der Waals surface area contributed by atoms with Gasteiger partial charge in [-0.3, -0.25) is 14.4 Å². The number of benzene rings is 2. The van der Waals surface area contributed by atoms with Crippen LogP contribution in [0, 0.1) is 5.41 Å². The molecule has 5 nitrogen and oxygen atoms in total. The van der Waals surface area contributed by atoms with Gasteiger partial charge in [0.05, 0.1) is 12.1 Å². The van der Waals surface area contributed by atoms with E-state index in [4.69, 9.17) is 11.6 Å². The van der Waals surface area contributed by atoms with Gasteiger partial charge in [0.15, 0.2) is 5.78 Å². The minimum atomic E-state index is -5.26. The molecule has 1 atom stereocenters. The monoisotopic (exact) mass is 490 g/mol. The second kappa shape index (κ2) is 8.27. The summed E-state index contributed by atoms with van der Waals surface area (Å²) in [6, 6.07) is 13.7. The Labute approximate surface area is 199 Å². The number of ketones is 1. The van der Waals surface area contributed by atoms with Crippen LogP contribution in [0.1, 0.15) is 42.6 Å². The largest absolute Gasteiger partial charge is 0.425 e. The Kier molecular flexibility index (Phi) is 5.84. The predicted octanol–water partition coefficient (Wildman–Crippen LogP) is 5.06. The van der Waals surface area contributed by atoms with Crippen LogP contribution in [0.4, 0.5) is 13.2 Å². The number of halogens is 4. The molecule has 0 saturated heterocycles. The van der Waals surface area contributed by atoms with Gasteiger partial charge in [0.2, 0.25) is 5.54 Å². The molecule has 2 aromatic carbocycles. The van der Waals surface area contributed by atoms with Gasteiger partial charge in [-0.2, -0.15) is 13.2 Å². The average Bonchev–Trinajstić information content (AvgIpc) is 2.98. The van der Waals surface area contributed by atoms with Gasteiger partial charge >= 0.3 is 6.18 Å². The third-order valence-corrected chi connectivity index (χ3v) is 6.54. The minimum Gasteiger partial charge on any atom is -0.326 e. The number of Topliss-reactive ketones (excluding diaryl/α,β-unsaturated/α-hetero) is 1. The summed E-state index contributed by atoms with van der Waals surface area (Å²) in [6.07, 6.45) is -5.39. The highest BCUT2D eigenvalue weighted by atomic mass is 35.5. The summed E-state index contributed by atoms with van der Waals surface area (Å²) in [5, 5.41) is 2.19. The van der Waals surface area contributed by atoms with E-state index >= 15 is 0 Å². The normalized spacial score (nSPS) is 22.1. The van der Waals surface area contributed by atoms with Gasteiger partial charge in [-0.05, 0) is 35.6 Å². The zero-order chi connectivity index (χ0) is 24.9. The zero-order valence-corrected chi connectivity index (χ0v) is 19.3. The summed E-state index contributed by atoms with van der Waals surface area (Å²) < 4.78 is 44.4. The van der Waals surface area contributed by atoms with Gasteiger partial charge < -0.3 is 10.2 Å². The molecule has 0 spiro atoms. The number of amides is 2. The molecule has 0 fully saturated rings. The lowest BCUT2D eigenvalue weighted by molar-refractivity contribution is -0.190. The summed E-state index contributed by atoms with van der Waals surface area (Å²) in [6.45, 7) is 3.24. The number of hydrogen-bond acceptors (Lipinski definition) is 3. The Morgan fingerprint density at radius 3 is 2.26 bits per heavy atom. The van der Waals surface area contributed by atoms with Crippen molar-refractivity contribution in [3.8, 4) is 0 Å². The van der Waals surface area contributed by atoms with Crippen molar-refractivity contribution in [3.63, 3.8) is 0 Å². The van der Waals surface area contributed by atoms with Crippen LogP contribution in [0.2, 0.25) is 5.02 Å². The number of nitrogens with zero attached hydrogens (tertiary/aromatic N) is 1. The molecule has 2 amide bonds. The predicted molar refractivity (Wildman–Crippen MR) is 120 cm³/mol. The third-order valence-electron chi connectivity index (χ3n) is 6.17. The molecule has 0 aromatic heterocycles. The van der Waals surface area contributed by atoms with E-state index in [1.54, 1.807) is 44.2 Å². The minimum absolute atomic E-state index is 0.0307. The first kappa shape index (κ1) is 24.0. The smallest absolute Gasteiger partial charge is 0.326 e. The maximum Gasteiger partial charge on any atom is 0.425 e. The van der Waals surface area contributed by atoms with Crippen molar-refractivity contribution >= 4 is 29.2 Å². The van der Waals surface area contributed by atoms with Gasteiger partial charge in [-0.25, -0.2) is 0 Å². The Morgan fingerprint density at radius 2 is 1.65 bits per heavy atom. The summed E-state index contributed by atoms with van der Waals surface area (Å²) >= 11 is 6.22. The van der Waals surface area contributed by atoms with Crippen molar-refractivity contribution in [1.82, 2.24) is 10.2 Å². The molecule has 1 N–H and O–H groups in total. The first-order valence-corrected chi connectivity index (χ1v) is 11.0. The molecule has 34 heavy (non-hydrogen) atoms. The van der Waals surface area contributed by atoms with E-state index in [2.05, 4.69) is 0 Å². The van der Waals surface area contributed by atoms with E-state index in [1.807, 2.05) is 5.32 Å². The Hall–Kier alpha value is -3.13. The van der Waals surface area contributed by atoms with Gasteiger partial charge in [0, 0.05) is 22.7 Å². The SMILES string of the molecule is CC1(C)CC(=O)C2=C(C1)N(Cc1ccccc1Cl)C(=O)[C@]2(NC(=O)c1ccccc1)C(F)(F)F. The summed E-state index contributed by atoms with van der Waals surface area (Å²) in [5.74, 6) is -3.33. The first-order chi connectivity index (χ1) is 15.9. The molecule has 0 saturated carbocycles. The van der Waals surface area contributed by atoms with Crippen LogP contribution < -0.4 is 5.32 Å². The number of nitrogens with one attached hydrogen (secondary N) is 1. The van der Waals surface area contributed by atoms with Gasteiger partial charge in [-0.1, -0.05) is 61.8 Å². The maximum absolute atomic E-state index is 14.8. The first-order valence-electron chi connectivity index (χ1n) is 10.6. The summed E-state index contributed by atoms with van der Waals surface area (Å²) in [5.41, 5.74) is -4.52. The van der Waals surface area contributed by atoms with Crippen LogP contribution >= 0.6 is 11.6 Å². The Balaban J connectivity index is 1.89.